The Kier molecular flexibility index (Phi) is 3.23. The smallest absolute Gasteiger partial charge is 0.271 e. The second-order valence-corrected chi connectivity index (χ2v) is 4.53. The van der Waals surface area contributed by atoms with Crippen molar-refractivity contribution in [3.05, 3.63) is 58.1 Å². The van der Waals surface area contributed by atoms with Gasteiger partial charge in [-0.25, -0.2) is 4.68 Å². The maximum atomic E-state index is 10.7. The first-order chi connectivity index (χ1) is 10.2. The second kappa shape index (κ2) is 5.20. The lowest BCUT2D eigenvalue weighted by Gasteiger charge is -2.04. The lowest BCUT2D eigenvalue weighted by atomic mass is 10.2. The van der Waals surface area contributed by atoms with Gasteiger partial charge in [0.2, 0.25) is 0 Å². The summed E-state index contributed by atoms with van der Waals surface area (Å²) in [5, 5.41) is 18.8. The van der Waals surface area contributed by atoms with Crippen LogP contribution in [0.3, 0.4) is 0 Å². The van der Waals surface area contributed by atoms with E-state index in [1.165, 1.54) is 12.1 Å². The molecule has 0 fully saturated rings. The van der Waals surface area contributed by atoms with Crippen LogP contribution in [-0.4, -0.2) is 27.0 Å². The van der Waals surface area contributed by atoms with Crippen molar-refractivity contribution in [3.63, 3.8) is 0 Å². The Morgan fingerprint density at radius 1 is 1.24 bits per heavy atom. The van der Waals surface area contributed by atoms with Gasteiger partial charge >= 0.3 is 0 Å². The van der Waals surface area contributed by atoms with Crippen LogP contribution >= 0.6 is 0 Å². The predicted molar refractivity (Wildman–Crippen MR) is 76.3 cm³/mol. The fourth-order valence-electron chi connectivity index (χ4n) is 2.09. The molecule has 0 atom stereocenters. The van der Waals surface area contributed by atoms with Crippen LogP contribution in [0.2, 0.25) is 0 Å². The minimum absolute atomic E-state index is 0.0130. The molecule has 0 unspecified atom stereocenters. The summed E-state index contributed by atoms with van der Waals surface area (Å²) in [6, 6.07) is 12.2. The molecule has 0 saturated heterocycles. The summed E-state index contributed by atoms with van der Waals surface area (Å²) in [6.45, 7) is 0.540. The predicted octanol–water partition coefficient (Wildman–Crippen LogP) is 2.40. The molecule has 0 spiro atoms. The molecule has 0 amide bonds. The van der Waals surface area contributed by atoms with E-state index in [0.717, 1.165) is 16.8 Å². The molecule has 3 rings (SSSR count). The van der Waals surface area contributed by atoms with Crippen LogP contribution in [0, 0.1) is 10.1 Å². The van der Waals surface area contributed by atoms with Crippen molar-refractivity contribution in [2.45, 2.75) is 6.54 Å². The van der Waals surface area contributed by atoms with Crippen LogP contribution in [0.4, 0.5) is 5.69 Å². The number of nitro groups is 1. The van der Waals surface area contributed by atoms with E-state index in [4.69, 9.17) is 4.74 Å². The lowest BCUT2D eigenvalue weighted by molar-refractivity contribution is -0.384. The van der Waals surface area contributed by atoms with Gasteiger partial charge in [-0.15, -0.1) is 5.10 Å². The molecule has 0 saturated carbocycles. The second-order valence-electron chi connectivity index (χ2n) is 4.53. The van der Waals surface area contributed by atoms with E-state index in [1.54, 1.807) is 17.9 Å². The van der Waals surface area contributed by atoms with Crippen molar-refractivity contribution in [2.75, 3.05) is 7.11 Å². The third-order valence-corrected chi connectivity index (χ3v) is 3.20. The Morgan fingerprint density at radius 3 is 2.67 bits per heavy atom. The number of fused-ring (bicyclic) bond motifs is 1. The number of hydrogen-bond acceptors (Lipinski definition) is 5. The largest absolute Gasteiger partial charge is 0.497 e. The van der Waals surface area contributed by atoms with Crippen LogP contribution in [0.5, 0.6) is 5.75 Å². The molecule has 7 nitrogen and oxygen atoms in total. The first-order valence-electron chi connectivity index (χ1n) is 6.28. The summed E-state index contributed by atoms with van der Waals surface area (Å²) >= 11 is 0. The number of rotatable bonds is 4. The zero-order chi connectivity index (χ0) is 14.8. The van der Waals surface area contributed by atoms with Gasteiger partial charge < -0.3 is 4.74 Å². The maximum Gasteiger partial charge on any atom is 0.271 e. The topological polar surface area (TPSA) is 83.1 Å². The van der Waals surface area contributed by atoms with E-state index in [2.05, 4.69) is 10.3 Å². The number of methoxy groups -OCH3 is 1. The van der Waals surface area contributed by atoms with Crippen molar-refractivity contribution in [1.29, 1.82) is 0 Å². The molecule has 2 aromatic carbocycles. The van der Waals surface area contributed by atoms with Gasteiger partial charge in [-0.3, -0.25) is 10.1 Å². The average molecular weight is 284 g/mol. The zero-order valence-electron chi connectivity index (χ0n) is 11.3. The van der Waals surface area contributed by atoms with Gasteiger partial charge in [0.05, 0.1) is 24.1 Å². The van der Waals surface area contributed by atoms with E-state index < -0.39 is 4.92 Å². The third-order valence-electron chi connectivity index (χ3n) is 3.20. The van der Waals surface area contributed by atoms with Crippen molar-refractivity contribution in [2.24, 2.45) is 0 Å². The van der Waals surface area contributed by atoms with Crippen LogP contribution in [0.15, 0.2) is 42.5 Å². The van der Waals surface area contributed by atoms with Crippen LogP contribution in [0.25, 0.3) is 11.0 Å². The Bertz CT molecular complexity index is 796. The summed E-state index contributed by atoms with van der Waals surface area (Å²) in [5.74, 6) is 0.790. The molecule has 0 aliphatic heterocycles. The number of non-ortho nitro benzene ring substituents is 1. The highest BCUT2D eigenvalue weighted by molar-refractivity contribution is 5.77. The minimum Gasteiger partial charge on any atom is -0.497 e. The normalized spacial score (nSPS) is 10.7. The molecule has 0 aliphatic carbocycles. The number of ether oxygens (including phenoxy) is 1. The molecular formula is C14H12N4O3. The van der Waals surface area contributed by atoms with Gasteiger partial charge in [-0.2, -0.15) is 0 Å². The van der Waals surface area contributed by atoms with Crippen molar-refractivity contribution in [3.8, 4) is 5.75 Å². The Balaban J connectivity index is 1.91. The molecule has 7 heteroatoms. The molecule has 1 heterocycles. The molecule has 0 radical (unpaired) electrons. The van der Waals surface area contributed by atoms with E-state index >= 15 is 0 Å². The van der Waals surface area contributed by atoms with Gasteiger partial charge in [0.25, 0.3) is 5.69 Å². The van der Waals surface area contributed by atoms with Gasteiger partial charge in [0, 0.05) is 12.1 Å². The number of hydrogen-bond donors (Lipinski definition) is 0. The molecular weight excluding hydrogens is 272 g/mol. The first-order valence-corrected chi connectivity index (χ1v) is 6.28. The molecule has 106 valence electrons. The molecule has 0 N–H and O–H groups in total. The quantitative estimate of drug-likeness (QED) is 0.542. The molecule has 0 aliphatic rings. The van der Waals surface area contributed by atoms with Gasteiger partial charge in [-0.1, -0.05) is 17.3 Å². The van der Waals surface area contributed by atoms with Crippen LogP contribution < -0.4 is 4.74 Å². The Morgan fingerprint density at radius 2 is 2.00 bits per heavy atom. The summed E-state index contributed by atoms with van der Waals surface area (Å²) in [4.78, 5) is 10.3. The van der Waals surface area contributed by atoms with Crippen molar-refractivity contribution < 1.29 is 9.66 Å². The molecule has 3 aromatic rings. The minimum atomic E-state index is -0.443. The molecule has 1 aromatic heterocycles. The highest BCUT2D eigenvalue weighted by atomic mass is 16.6. The van der Waals surface area contributed by atoms with E-state index in [1.807, 2.05) is 24.3 Å². The van der Waals surface area contributed by atoms with E-state index in [-0.39, 0.29) is 5.69 Å². The monoisotopic (exact) mass is 284 g/mol. The molecule has 21 heavy (non-hydrogen) atoms. The van der Waals surface area contributed by atoms with Gasteiger partial charge in [0.15, 0.2) is 0 Å². The van der Waals surface area contributed by atoms with E-state index in [0.29, 0.717) is 12.1 Å². The molecule has 0 bridgehead atoms. The van der Waals surface area contributed by atoms with Crippen molar-refractivity contribution >= 4 is 16.7 Å². The first kappa shape index (κ1) is 13.0. The Hall–Kier alpha value is -2.96. The lowest BCUT2D eigenvalue weighted by Crippen LogP contribution is -2.01. The highest BCUT2D eigenvalue weighted by Gasteiger charge is 2.11. The standard InChI is InChI=1S/C14H12N4O3/c1-21-12-5-2-10(3-6-12)9-17-14-7-4-11(18(19)20)8-13(14)15-16-17/h2-8H,9H2,1H3. The summed E-state index contributed by atoms with van der Waals surface area (Å²) in [5.41, 5.74) is 2.33. The van der Waals surface area contributed by atoms with Crippen LogP contribution in [-0.2, 0) is 6.54 Å². The number of benzene rings is 2. The number of nitrogens with zero attached hydrogens (tertiary/aromatic N) is 4. The Labute approximate surface area is 119 Å². The maximum absolute atomic E-state index is 10.7. The van der Waals surface area contributed by atoms with Crippen LogP contribution in [0.1, 0.15) is 5.56 Å². The zero-order valence-corrected chi connectivity index (χ0v) is 11.3. The number of aromatic nitrogens is 3. The summed E-state index contributed by atoms with van der Waals surface area (Å²) in [7, 11) is 1.62. The summed E-state index contributed by atoms with van der Waals surface area (Å²) < 4.78 is 6.82. The highest BCUT2D eigenvalue weighted by Crippen LogP contribution is 2.20. The van der Waals surface area contributed by atoms with Gasteiger partial charge in [0.1, 0.15) is 11.3 Å². The van der Waals surface area contributed by atoms with Crippen molar-refractivity contribution in [1.82, 2.24) is 15.0 Å². The SMILES string of the molecule is COc1ccc(Cn2nnc3cc([N+](=O)[O-])ccc32)cc1. The fraction of sp³-hybridized carbons (Fsp3) is 0.143. The third kappa shape index (κ3) is 2.53. The average Bonchev–Trinajstić information content (AvgIpc) is 2.90. The number of nitro benzene ring substituents is 1. The fourth-order valence-corrected chi connectivity index (χ4v) is 2.09. The van der Waals surface area contributed by atoms with E-state index in [9.17, 15) is 10.1 Å². The summed E-state index contributed by atoms with van der Waals surface area (Å²) in [6.07, 6.45) is 0. The van der Waals surface area contributed by atoms with Gasteiger partial charge in [-0.05, 0) is 23.8 Å².